The van der Waals surface area contributed by atoms with Crippen LogP contribution in [0.5, 0.6) is 5.75 Å². The lowest BCUT2D eigenvalue weighted by atomic mass is 9.87. The normalized spacial score (nSPS) is 11.6. The van der Waals surface area contributed by atoms with Crippen LogP contribution >= 0.6 is 0 Å². The van der Waals surface area contributed by atoms with Gasteiger partial charge in [-0.2, -0.15) is 0 Å². The molecule has 3 nitrogen and oxygen atoms in total. The van der Waals surface area contributed by atoms with Gasteiger partial charge in [0.05, 0.1) is 11.3 Å². The van der Waals surface area contributed by atoms with Crippen molar-refractivity contribution in [1.82, 2.24) is 0 Å². The molecule has 0 N–H and O–H groups in total. The summed E-state index contributed by atoms with van der Waals surface area (Å²) in [6.07, 6.45) is 7.83. The summed E-state index contributed by atoms with van der Waals surface area (Å²) < 4.78 is 5.53. The third kappa shape index (κ3) is 7.71. The van der Waals surface area contributed by atoms with E-state index in [2.05, 4.69) is 44.8 Å². The lowest BCUT2D eigenvalue weighted by Gasteiger charge is -2.18. The van der Waals surface area contributed by atoms with E-state index in [1.165, 1.54) is 36.8 Å². The number of rotatable bonds is 9. The smallest absolute Gasteiger partial charge is 0.343 e. The van der Waals surface area contributed by atoms with Gasteiger partial charge in [0.1, 0.15) is 5.75 Å². The van der Waals surface area contributed by atoms with Crippen LogP contribution in [0.25, 0.3) is 0 Å². The lowest BCUT2D eigenvalue weighted by molar-refractivity contribution is 0.0734. The van der Waals surface area contributed by atoms with Gasteiger partial charge < -0.3 is 4.74 Å². The van der Waals surface area contributed by atoms with Gasteiger partial charge in [0.25, 0.3) is 0 Å². The van der Waals surface area contributed by atoms with Crippen molar-refractivity contribution >= 4 is 17.9 Å². The molecule has 3 aromatic rings. The van der Waals surface area contributed by atoms with Crippen molar-refractivity contribution in [1.29, 1.82) is 0 Å². The molecule has 3 aromatic carbocycles. The quantitative estimate of drug-likeness (QED) is 0.146. The first-order valence-corrected chi connectivity index (χ1v) is 11.9. The average Bonchev–Trinajstić information content (AvgIpc) is 2.81. The van der Waals surface area contributed by atoms with Gasteiger partial charge in [-0.25, -0.2) is 4.79 Å². The van der Waals surface area contributed by atoms with Gasteiger partial charge >= 0.3 is 5.97 Å². The molecule has 0 aliphatic heterocycles. The van der Waals surface area contributed by atoms with E-state index in [-0.39, 0.29) is 11.4 Å². The fraction of sp³-hybridized carbons (Fsp3) is 0.333. The van der Waals surface area contributed by atoms with Crippen molar-refractivity contribution in [2.75, 3.05) is 0 Å². The number of nitrogens with zero attached hydrogens (tertiary/aromatic N) is 1. The van der Waals surface area contributed by atoms with Crippen molar-refractivity contribution in [2.45, 2.75) is 65.2 Å². The standard InChI is InChI=1S/C30H35NO2/c1-5-6-7-8-9-23-10-14-25(15-11-23)29(32)33-28-20-12-24(13-21-28)22-31-27-18-16-26(17-19-27)30(2,3)4/h10-22H,5-9H2,1-4H3. The van der Waals surface area contributed by atoms with E-state index in [1.807, 2.05) is 54.7 Å². The molecule has 0 aliphatic rings. The van der Waals surface area contributed by atoms with E-state index >= 15 is 0 Å². The van der Waals surface area contributed by atoms with Crippen molar-refractivity contribution in [3.63, 3.8) is 0 Å². The summed E-state index contributed by atoms with van der Waals surface area (Å²) in [4.78, 5) is 17.0. The predicted molar refractivity (Wildman–Crippen MR) is 138 cm³/mol. The lowest BCUT2D eigenvalue weighted by Crippen LogP contribution is -2.10. The summed E-state index contributed by atoms with van der Waals surface area (Å²) in [6, 6.07) is 23.4. The Kier molecular flexibility index (Phi) is 8.59. The zero-order valence-electron chi connectivity index (χ0n) is 20.3. The highest BCUT2D eigenvalue weighted by molar-refractivity contribution is 5.91. The van der Waals surface area contributed by atoms with Gasteiger partial charge in [0.15, 0.2) is 0 Å². The molecule has 33 heavy (non-hydrogen) atoms. The van der Waals surface area contributed by atoms with Gasteiger partial charge in [-0.1, -0.05) is 71.2 Å². The van der Waals surface area contributed by atoms with Crippen LogP contribution in [0.2, 0.25) is 0 Å². The molecule has 0 radical (unpaired) electrons. The fourth-order valence-corrected chi connectivity index (χ4v) is 3.55. The van der Waals surface area contributed by atoms with E-state index in [0.29, 0.717) is 11.3 Å². The topological polar surface area (TPSA) is 38.7 Å². The van der Waals surface area contributed by atoms with Gasteiger partial charge in [0, 0.05) is 6.21 Å². The van der Waals surface area contributed by atoms with Crippen LogP contribution in [0.15, 0.2) is 77.8 Å². The fourth-order valence-electron chi connectivity index (χ4n) is 3.55. The highest BCUT2D eigenvalue weighted by Crippen LogP contribution is 2.24. The minimum absolute atomic E-state index is 0.131. The van der Waals surface area contributed by atoms with Crippen LogP contribution in [0.1, 0.15) is 80.4 Å². The molecule has 0 aliphatic carbocycles. The summed E-state index contributed by atoms with van der Waals surface area (Å²) in [7, 11) is 0. The van der Waals surface area contributed by atoms with E-state index in [4.69, 9.17) is 4.74 Å². The second kappa shape index (κ2) is 11.6. The maximum atomic E-state index is 12.5. The van der Waals surface area contributed by atoms with Crippen molar-refractivity contribution < 1.29 is 9.53 Å². The van der Waals surface area contributed by atoms with Gasteiger partial charge in [-0.15, -0.1) is 0 Å². The third-order valence-electron chi connectivity index (χ3n) is 5.70. The molecule has 172 valence electrons. The number of aliphatic imine (C=N–C) groups is 1. The summed E-state index contributed by atoms with van der Waals surface area (Å²) in [5.41, 5.74) is 5.10. The second-order valence-corrected chi connectivity index (χ2v) is 9.52. The Hall–Kier alpha value is -3.20. The first kappa shape index (κ1) is 24.4. The Morgan fingerprint density at radius 2 is 1.52 bits per heavy atom. The molecule has 0 spiro atoms. The zero-order chi connectivity index (χ0) is 23.7. The number of hydrogen-bond acceptors (Lipinski definition) is 3. The number of carbonyl (C=O) groups excluding carboxylic acids is 1. The highest BCUT2D eigenvalue weighted by Gasteiger charge is 2.12. The van der Waals surface area contributed by atoms with E-state index in [0.717, 1.165) is 17.7 Å². The Balaban J connectivity index is 1.53. The summed E-state index contributed by atoms with van der Waals surface area (Å²) >= 11 is 0. The van der Waals surface area contributed by atoms with Crippen molar-refractivity contribution in [3.8, 4) is 5.75 Å². The van der Waals surface area contributed by atoms with E-state index < -0.39 is 0 Å². The molecule has 0 atom stereocenters. The number of esters is 1. The third-order valence-corrected chi connectivity index (χ3v) is 5.70. The highest BCUT2D eigenvalue weighted by atomic mass is 16.5. The van der Waals surface area contributed by atoms with Crippen LogP contribution < -0.4 is 4.74 Å². The predicted octanol–water partition coefficient (Wildman–Crippen LogP) is 8.08. The maximum Gasteiger partial charge on any atom is 0.343 e. The van der Waals surface area contributed by atoms with E-state index in [1.54, 1.807) is 12.1 Å². The minimum atomic E-state index is -0.340. The Labute approximate surface area is 198 Å². The second-order valence-electron chi connectivity index (χ2n) is 9.52. The van der Waals surface area contributed by atoms with Gasteiger partial charge in [-0.05, 0) is 83.5 Å². The molecule has 0 unspecified atom stereocenters. The molecule has 0 saturated carbocycles. The molecule has 0 amide bonds. The monoisotopic (exact) mass is 441 g/mol. The zero-order valence-corrected chi connectivity index (χ0v) is 20.3. The largest absolute Gasteiger partial charge is 0.423 e. The minimum Gasteiger partial charge on any atom is -0.423 e. The number of unbranched alkanes of at least 4 members (excludes halogenated alkanes) is 3. The number of ether oxygens (including phenoxy) is 1. The Bertz CT molecular complexity index is 1040. The van der Waals surface area contributed by atoms with Crippen LogP contribution in [0.3, 0.4) is 0 Å². The molecule has 0 bridgehead atoms. The van der Waals surface area contributed by atoms with Crippen LogP contribution in [0, 0.1) is 0 Å². The molecule has 0 aromatic heterocycles. The summed E-state index contributed by atoms with van der Waals surface area (Å²) in [5, 5.41) is 0. The number of aryl methyl sites for hydroxylation is 1. The first-order chi connectivity index (χ1) is 15.8. The summed E-state index contributed by atoms with van der Waals surface area (Å²) in [5.74, 6) is 0.184. The molecule has 0 saturated heterocycles. The molecule has 3 heteroatoms. The van der Waals surface area contributed by atoms with Crippen molar-refractivity contribution in [2.24, 2.45) is 4.99 Å². The maximum absolute atomic E-state index is 12.5. The average molecular weight is 442 g/mol. The summed E-state index contributed by atoms with van der Waals surface area (Å²) in [6.45, 7) is 8.81. The first-order valence-electron chi connectivity index (χ1n) is 11.9. The Morgan fingerprint density at radius 1 is 0.848 bits per heavy atom. The molecule has 0 heterocycles. The van der Waals surface area contributed by atoms with Crippen LogP contribution in [-0.4, -0.2) is 12.2 Å². The van der Waals surface area contributed by atoms with Crippen LogP contribution in [-0.2, 0) is 11.8 Å². The number of carbonyl (C=O) groups is 1. The van der Waals surface area contributed by atoms with Gasteiger partial charge in [0.2, 0.25) is 0 Å². The Morgan fingerprint density at radius 3 is 2.12 bits per heavy atom. The molecule has 0 fully saturated rings. The number of benzene rings is 3. The van der Waals surface area contributed by atoms with Crippen LogP contribution in [0.4, 0.5) is 5.69 Å². The molecular weight excluding hydrogens is 406 g/mol. The van der Waals surface area contributed by atoms with E-state index in [9.17, 15) is 4.79 Å². The van der Waals surface area contributed by atoms with Crippen molar-refractivity contribution in [3.05, 3.63) is 95.1 Å². The van der Waals surface area contributed by atoms with Gasteiger partial charge in [-0.3, -0.25) is 4.99 Å². The number of hydrogen-bond donors (Lipinski definition) is 0. The molecular formula is C30H35NO2. The SMILES string of the molecule is CCCCCCc1ccc(C(=O)Oc2ccc(C=Nc3ccc(C(C)(C)C)cc3)cc2)cc1. The molecule has 3 rings (SSSR count).